The predicted molar refractivity (Wildman–Crippen MR) is 79.3 cm³/mol. The topological polar surface area (TPSA) is 91.3 Å². The van der Waals surface area contributed by atoms with Crippen LogP contribution in [0.5, 0.6) is 11.5 Å². The van der Waals surface area contributed by atoms with E-state index in [1.54, 1.807) is 42.6 Å². The number of nitrogen functional groups attached to an aromatic ring is 1. The molecule has 21 heavy (non-hydrogen) atoms. The lowest BCUT2D eigenvalue weighted by molar-refractivity contribution is -0.383. The molecule has 1 aromatic heterocycles. The highest BCUT2D eigenvalue weighted by molar-refractivity contribution is 5.95. The number of hydrogen-bond acceptors (Lipinski definition) is 5. The highest BCUT2D eigenvalue weighted by Crippen LogP contribution is 2.36. The van der Waals surface area contributed by atoms with E-state index in [-0.39, 0.29) is 5.69 Å². The average molecular weight is 281 g/mol. The molecular weight excluding hydrogens is 270 g/mol. The van der Waals surface area contributed by atoms with E-state index < -0.39 is 4.92 Å². The second-order valence-corrected chi connectivity index (χ2v) is 4.40. The van der Waals surface area contributed by atoms with E-state index in [4.69, 9.17) is 10.5 Å². The summed E-state index contributed by atoms with van der Waals surface area (Å²) in [6.07, 6.45) is 3.06. The summed E-state index contributed by atoms with van der Waals surface area (Å²) in [5.74, 6) is 0.970. The van der Waals surface area contributed by atoms with Crippen molar-refractivity contribution in [3.8, 4) is 11.5 Å². The van der Waals surface area contributed by atoms with Crippen LogP contribution in [0.2, 0.25) is 0 Å². The lowest BCUT2D eigenvalue weighted by Crippen LogP contribution is -1.95. The first-order valence-electron chi connectivity index (χ1n) is 6.20. The zero-order valence-corrected chi connectivity index (χ0v) is 10.9. The van der Waals surface area contributed by atoms with Gasteiger partial charge in [0.15, 0.2) is 5.75 Å². The molecule has 0 fully saturated rings. The minimum atomic E-state index is -0.410. The van der Waals surface area contributed by atoms with E-state index in [0.29, 0.717) is 28.0 Å². The number of nitrogens with zero attached hydrogens (tertiary/aromatic N) is 2. The molecule has 0 atom stereocenters. The minimum absolute atomic E-state index is 0.0423. The van der Waals surface area contributed by atoms with Gasteiger partial charge in [-0.1, -0.05) is 18.2 Å². The van der Waals surface area contributed by atoms with Gasteiger partial charge in [0.1, 0.15) is 5.75 Å². The number of nitrogens with two attached hydrogens (primary N) is 1. The molecule has 6 nitrogen and oxygen atoms in total. The first-order chi connectivity index (χ1) is 10.2. The fraction of sp³-hybridized carbons (Fsp3) is 0. The molecule has 1 heterocycles. The van der Waals surface area contributed by atoms with Gasteiger partial charge in [0.25, 0.3) is 5.69 Å². The van der Waals surface area contributed by atoms with E-state index in [1.165, 1.54) is 12.3 Å². The Bertz CT molecular complexity index is 833. The number of non-ortho nitro benzene ring substituents is 1. The summed E-state index contributed by atoms with van der Waals surface area (Å²) >= 11 is 0. The molecular formula is C15H11N3O3. The number of ether oxygens (including phenoxy) is 1. The van der Waals surface area contributed by atoms with E-state index in [2.05, 4.69) is 4.98 Å². The number of benzene rings is 2. The van der Waals surface area contributed by atoms with Gasteiger partial charge in [-0.3, -0.25) is 15.1 Å². The molecule has 3 aromatic rings. The van der Waals surface area contributed by atoms with Crippen LogP contribution in [0.25, 0.3) is 10.8 Å². The van der Waals surface area contributed by atoms with Crippen molar-refractivity contribution >= 4 is 22.1 Å². The second-order valence-electron chi connectivity index (χ2n) is 4.40. The number of nitro benzene ring substituents is 1. The number of pyridine rings is 1. The average Bonchev–Trinajstić information content (AvgIpc) is 2.49. The Kier molecular flexibility index (Phi) is 3.12. The summed E-state index contributed by atoms with van der Waals surface area (Å²) in [7, 11) is 0. The number of anilines is 1. The maximum Gasteiger partial charge on any atom is 0.277 e. The molecule has 0 unspecified atom stereocenters. The van der Waals surface area contributed by atoms with Crippen molar-refractivity contribution in [1.82, 2.24) is 4.98 Å². The van der Waals surface area contributed by atoms with Gasteiger partial charge in [-0.25, -0.2) is 0 Å². The van der Waals surface area contributed by atoms with Crippen LogP contribution in [-0.4, -0.2) is 9.91 Å². The Balaban J connectivity index is 2.14. The Morgan fingerprint density at radius 3 is 2.52 bits per heavy atom. The predicted octanol–water partition coefficient (Wildman–Crippen LogP) is 3.52. The largest absolute Gasteiger partial charge is 0.454 e. The van der Waals surface area contributed by atoms with Crippen LogP contribution in [0.3, 0.4) is 0 Å². The summed E-state index contributed by atoms with van der Waals surface area (Å²) in [4.78, 5) is 14.6. The van der Waals surface area contributed by atoms with Crippen molar-refractivity contribution in [3.05, 3.63) is 65.0 Å². The number of hydrogen-bond donors (Lipinski definition) is 1. The van der Waals surface area contributed by atoms with E-state index >= 15 is 0 Å². The first-order valence-corrected chi connectivity index (χ1v) is 6.20. The zero-order valence-electron chi connectivity index (χ0n) is 10.9. The van der Waals surface area contributed by atoms with Gasteiger partial charge in [0.2, 0.25) is 0 Å². The van der Waals surface area contributed by atoms with Gasteiger partial charge in [0, 0.05) is 23.7 Å². The summed E-state index contributed by atoms with van der Waals surface area (Å²) < 4.78 is 5.77. The Morgan fingerprint density at radius 1 is 1.05 bits per heavy atom. The molecule has 104 valence electrons. The van der Waals surface area contributed by atoms with Crippen molar-refractivity contribution in [3.63, 3.8) is 0 Å². The van der Waals surface area contributed by atoms with Crippen molar-refractivity contribution < 1.29 is 9.66 Å². The maximum absolute atomic E-state index is 11.1. The molecule has 0 aliphatic heterocycles. The van der Waals surface area contributed by atoms with Gasteiger partial charge >= 0.3 is 0 Å². The molecule has 0 saturated heterocycles. The third-order valence-electron chi connectivity index (χ3n) is 3.09. The van der Waals surface area contributed by atoms with Gasteiger partial charge in [-0.05, 0) is 12.1 Å². The molecule has 3 rings (SSSR count). The smallest absolute Gasteiger partial charge is 0.277 e. The zero-order chi connectivity index (χ0) is 14.8. The highest BCUT2D eigenvalue weighted by Gasteiger charge is 2.15. The fourth-order valence-corrected chi connectivity index (χ4v) is 2.11. The van der Waals surface area contributed by atoms with E-state index in [0.717, 1.165) is 0 Å². The maximum atomic E-state index is 11.1. The van der Waals surface area contributed by atoms with Crippen LogP contribution in [0.4, 0.5) is 11.4 Å². The van der Waals surface area contributed by atoms with Crippen LogP contribution in [0.1, 0.15) is 0 Å². The lowest BCUT2D eigenvalue weighted by atomic mass is 10.1. The third-order valence-corrected chi connectivity index (χ3v) is 3.09. The highest BCUT2D eigenvalue weighted by atomic mass is 16.6. The van der Waals surface area contributed by atoms with E-state index in [9.17, 15) is 10.1 Å². The number of rotatable bonds is 3. The first kappa shape index (κ1) is 12.9. The molecule has 0 aliphatic carbocycles. The van der Waals surface area contributed by atoms with Gasteiger partial charge in [0.05, 0.1) is 22.2 Å². The molecule has 2 aromatic carbocycles. The molecule has 6 heteroatoms. The Hall–Kier alpha value is -3.15. The number of nitro groups is 1. The van der Waals surface area contributed by atoms with Crippen LogP contribution >= 0.6 is 0 Å². The Morgan fingerprint density at radius 2 is 1.81 bits per heavy atom. The normalized spacial score (nSPS) is 10.5. The monoisotopic (exact) mass is 281 g/mol. The second kappa shape index (κ2) is 5.09. The lowest BCUT2D eigenvalue weighted by Gasteiger charge is -2.10. The van der Waals surface area contributed by atoms with Crippen LogP contribution in [0.15, 0.2) is 54.9 Å². The quantitative estimate of drug-likeness (QED) is 0.585. The van der Waals surface area contributed by atoms with Crippen LogP contribution in [0, 0.1) is 10.1 Å². The summed E-state index contributed by atoms with van der Waals surface area (Å²) in [6.45, 7) is 0. The molecule has 0 radical (unpaired) electrons. The van der Waals surface area contributed by atoms with Crippen molar-refractivity contribution in [2.24, 2.45) is 0 Å². The van der Waals surface area contributed by atoms with Crippen molar-refractivity contribution in [2.45, 2.75) is 0 Å². The number of aromatic nitrogens is 1. The molecule has 2 N–H and O–H groups in total. The van der Waals surface area contributed by atoms with Crippen molar-refractivity contribution in [2.75, 3.05) is 5.73 Å². The SMILES string of the molecule is Nc1cnccc1Oc1ccc([N+](=O)[O-])c2ccccc12. The third kappa shape index (κ3) is 2.34. The molecule has 0 amide bonds. The molecule has 0 spiro atoms. The number of fused-ring (bicyclic) bond motifs is 1. The molecule has 0 bridgehead atoms. The Labute approximate surface area is 119 Å². The van der Waals surface area contributed by atoms with Crippen LogP contribution in [-0.2, 0) is 0 Å². The summed E-state index contributed by atoms with van der Waals surface area (Å²) in [6, 6.07) is 11.7. The summed E-state index contributed by atoms with van der Waals surface area (Å²) in [5.41, 5.74) is 6.24. The molecule has 0 aliphatic rings. The fourth-order valence-electron chi connectivity index (χ4n) is 2.11. The van der Waals surface area contributed by atoms with Gasteiger partial charge in [-0.2, -0.15) is 0 Å². The van der Waals surface area contributed by atoms with Crippen LogP contribution < -0.4 is 10.5 Å². The standard InChI is InChI=1S/C15H11N3O3/c16-12-9-17-8-7-15(12)21-14-6-5-13(18(19)20)10-3-1-2-4-11(10)14/h1-9H,16H2. The minimum Gasteiger partial charge on any atom is -0.454 e. The van der Waals surface area contributed by atoms with Gasteiger partial charge in [-0.15, -0.1) is 0 Å². The van der Waals surface area contributed by atoms with Crippen molar-refractivity contribution in [1.29, 1.82) is 0 Å². The molecule has 0 saturated carbocycles. The summed E-state index contributed by atoms with van der Waals surface area (Å²) in [5, 5.41) is 12.3. The van der Waals surface area contributed by atoms with E-state index in [1.807, 2.05) is 0 Å². The van der Waals surface area contributed by atoms with Gasteiger partial charge < -0.3 is 10.5 Å².